The van der Waals surface area contributed by atoms with Gasteiger partial charge in [0.05, 0.1) is 6.26 Å². The van der Waals surface area contributed by atoms with Crippen molar-refractivity contribution in [2.45, 2.75) is 0 Å². The Labute approximate surface area is 128 Å². The summed E-state index contributed by atoms with van der Waals surface area (Å²) in [4.78, 5) is 0. The molecule has 0 saturated carbocycles. The van der Waals surface area contributed by atoms with Gasteiger partial charge in [0, 0.05) is 0 Å². The van der Waals surface area contributed by atoms with Crippen LogP contribution in [0.2, 0.25) is 0 Å². The predicted molar refractivity (Wildman–Crippen MR) is 72.4 cm³/mol. The summed E-state index contributed by atoms with van der Waals surface area (Å²) in [5.74, 6) is 0. The zero-order valence-corrected chi connectivity index (χ0v) is 12.6. The van der Waals surface area contributed by atoms with Gasteiger partial charge in [0.1, 0.15) is 0 Å². The second kappa shape index (κ2) is 11.9. The number of hydrogen-bond acceptors (Lipinski definition) is 3. The quantitative estimate of drug-likeness (QED) is 0.321. The van der Waals surface area contributed by atoms with E-state index in [1.165, 1.54) is 0 Å². The van der Waals surface area contributed by atoms with E-state index in [-0.39, 0.29) is 20.4 Å². The normalized spacial score (nSPS) is 8.74. The Morgan fingerprint density at radius 2 is 1.53 bits per heavy atom. The van der Waals surface area contributed by atoms with E-state index in [0.29, 0.717) is 11.9 Å². The van der Waals surface area contributed by atoms with Gasteiger partial charge in [-0.25, -0.2) is 0 Å². The van der Waals surface area contributed by atoms with Crippen LogP contribution < -0.4 is 5.73 Å². The minimum Gasteiger partial charge on any atom is -0.420 e. The average molecular weight is 372 g/mol. The molecule has 0 aliphatic carbocycles. The van der Waals surface area contributed by atoms with E-state index < -0.39 is 10.1 Å². The summed E-state index contributed by atoms with van der Waals surface area (Å²) in [5.41, 5.74) is 6.00. The van der Waals surface area contributed by atoms with Crippen LogP contribution in [0, 0.1) is 12.1 Å². The van der Waals surface area contributed by atoms with Gasteiger partial charge in [0.15, 0.2) is 0 Å². The molecule has 2 aromatic rings. The van der Waals surface area contributed by atoms with E-state index in [9.17, 15) is 8.42 Å². The Morgan fingerprint density at radius 1 is 1.05 bits per heavy atom. The fourth-order valence-electron chi connectivity index (χ4n) is 0.749. The Balaban J connectivity index is 0. The molecule has 0 heterocycles. The number of nitrogen functional groups attached to an aromatic ring is 1. The minimum absolute atomic E-state index is 0. The molecule has 2 aromatic carbocycles. The van der Waals surface area contributed by atoms with Crippen molar-refractivity contribution in [3.8, 4) is 0 Å². The maximum atomic E-state index is 9.19. The summed E-state index contributed by atoms with van der Waals surface area (Å²) in [6, 6.07) is 22.7. The topological polar surface area (TPSA) is 80.4 Å². The molecule has 0 radical (unpaired) electrons. The van der Waals surface area contributed by atoms with Gasteiger partial charge < -0.3 is 5.73 Å². The van der Waals surface area contributed by atoms with Crippen molar-refractivity contribution in [1.82, 2.24) is 0 Å². The number of anilines is 1. The van der Waals surface area contributed by atoms with Crippen LogP contribution in [0.4, 0.5) is 5.69 Å². The van der Waals surface area contributed by atoms with E-state index in [1.807, 2.05) is 42.5 Å². The van der Waals surface area contributed by atoms with Crippen LogP contribution in [-0.4, -0.2) is 19.2 Å². The summed E-state index contributed by atoms with van der Waals surface area (Å²) in [6.45, 7) is 0. The monoisotopic (exact) mass is 371 g/mol. The Morgan fingerprint density at radius 3 is 1.68 bits per heavy atom. The summed E-state index contributed by atoms with van der Waals surface area (Å²) < 4.78 is 25.9. The van der Waals surface area contributed by atoms with Gasteiger partial charge in [-0.1, -0.05) is 5.69 Å². The van der Waals surface area contributed by atoms with Crippen LogP contribution in [0.5, 0.6) is 0 Å². The van der Waals surface area contributed by atoms with Gasteiger partial charge >= 0.3 is 20.4 Å². The molecular formula is C13H15NO3PdS. The Hall–Kier alpha value is -1.19. The number of hydrogen-bond donors (Lipinski definition) is 2. The maximum absolute atomic E-state index is 9.19. The fraction of sp³-hybridized carbons (Fsp3) is 0.0769. The van der Waals surface area contributed by atoms with E-state index >= 15 is 0 Å². The second-order valence-corrected chi connectivity index (χ2v) is 4.59. The van der Waals surface area contributed by atoms with E-state index in [1.54, 1.807) is 12.1 Å². The van der Waals surface area contributed by atoms with E-state index in [4.69, 9.17) is 10.3 Å². The van der Waals surface area contributed by atoms with E-state index in [0.717, 1.165) is 0 Å². The van der Waals surface area contributed by atoms with Crippen molar-refractivity contribution >= 4 is 15.8 Å². The molecule has 19 heavy (non-hydrogen) atoms. The van der Waals surface area contributed by atoms with Crippen molar-refractivity contribution in [1.29, 1.82) is 0 Å². The molecule has 0 aromatic heterocycles. The summed E-state index contributed by atoms with van der Waals surface area (Å²) in [7, 11) is -3.67. The predicted octanol–water partition coefficient (Wildman–Crippen LogP) is 2.06. The first kappa shape index (κ1) is 20.1. The number of nitrogens with two attached hydrogens (primary N) is 1. The summed E-state index contributed by atoms with van der Waals surface area (Å²) in [6.07, 6.45) is 0.715. The molecule has 2 rings (SSSR count). The molecule has 0 aliphatic rings. The first-order chi connectivity index (χ1) is 8.39. The molecule has 0 bridgehead atoms. The SMILES string of the molecule is CS(=O)(=O)O.Nc1[c-]cccc1.[Pd+2].[c-]1ccccc1. The minimum atomic E-state index is -3.67. The third-order valence-electron chi connectivity index (χ3n) is 1.34. The molecule has 106 valence electrons. The largest absolute Gasteiger partial charge is 2.00 e. The van der Waals surface area contributed by atoms with Gasteiger partial charge in [0.2, 0.25) is 0 Å². The van der Waals surface area contributed by atoms with Gasteiger partial charge in [-0.2, -0.15) is 69.1 Å². The molecule has 0 fully saturated rings. The molecule has 3 N–H and O–H groups in total. The first-order valence-electron chi connectivity index (χ1n) is 4.95. The molecular weight excluding hydrogens is 357 g/mol. The second-order valence-electron chi connectivity index (χ2n) is 3.13. The van der Waals surface area contributed by atoms with E-state index in [2.05, 4.69) is 12.1 Å². The molecule has 0 unspecified atom stereocenters. The van der Waals surface area contributed by atoms with Crippen molar-refractivity contribution in [3.05, 3.63) is 66.7 Å². The number of benzene rings is 2. The average Bonchev–Trinajstić information content (AvgIpc) is 2.31. The van der Waals surface area contributed by atoms with Crippen molar-refractivity contribution in [2.24, 2.45) is 0 Å². The Kier molecular flexibility index (Phi) is 12.6. The standard InChI is InChI=1S/C6H6N.C6H5.CH4O3S.Pd/c7-6-4-2-1-3-5-6;1-2-4-6-5-3-1;1-5(2,3)4;/h1-4H,7H2;1-5H;1H3,(H,2,3,4);/q2*-1;;+2. The van der Waals surface area contributed by atoms with Gasteiger partial charge in [-0.15, -0.1) is 6.07 Å². The van der Waals surface area contributed by atoms with Crippen LogP contribution in [-0.2, 0) is 30.5 Å². The van der Waals surface area contributed by atoms with Gasteiger partial charge in [-0.3, -0.25) is 4.55 Å². The molecule has 0 saturated heterocycles. The summed E-state index contributed by atoms with van der Waals surface area (Å²) in [5, 5.41) is 0. The zero-order valence-electron chi connectivity index (χ0n) is 10.3. The Bertz CT molecular complexity index is 469. The fourth-order valence-corrected chi connectivity index (χ4v) is 0.749. The maximum Gasteiger partial charge on any atom is 2.00 e. The number of para-hydroxylation sites is 1. The van der Waals surface area contributed by atoms with Crippen molar-refractivity contribution in [3.63, 3.8) is 0 Å². The molecule has 0 aliphatic heterocycles. The smallest absolute Gasteiger partial charge is 0.420 e. The van der Waals surface area contributed by atoms with Crippen LogP contribution >= 0.6 is 0 Å². The third-order valence-corrected chi connectivity index (χ3v) is 1.34. The first-order valence-corrected chi connectivity index (χ1v) is 6.80. The molecule has 0 spiro atoms. The van der Waals surface area contributed by atoms with Crippen LogP contribution in [0.3, 0.4) is 0 Å². The van der Waals surface area contributed by atoms with Gasteiger partial charge in [0.25, 0.3) is 10.1 Å². The van der Waals surface area contributed by atoms with Crippen molar-refractivity contribution < 1.29 is 33.4 Å². The molecule has 0 amide bonds. The van der Waals surface area contributed by atoms with Crippen LogP contribution in [0.1, 0.15) is 0 Å². The summed E-state index contributed by atoms with van der Waals surface area (Å²) >= 11 is 0. The van der Waals surface area contributed by atoms with Crippen LogP contribution in [0.15, 0.2) is 54.6 Å². The molecule has 4 nitrogen and oxygen atoms in total. The van der Waals surface area contributed by atoms with Crippen molar-refractivity contribution in [2.75, 3.05) is 12.0 Å². The molecule has 6 heteroatoms. The van der Waals surface area contributed by atoms with Crippen LogP contribution in [0.25, 0.3) is 0 Å². The third kappa shape index (κ3) is 22.5. The zero-order chi connectivity index (χ0) is 13.9. The number of rotatable bonds is 0. The molecule has 0 atom stereocenters. The van der Waals surface area contributed by atoms with Gasteiger partial charge in [-0.05, 0) is 0 Å².